The van der Waals surface area contributed by atoms with E-state index in [-0.39, 0.29) is 23.7 Å². The Bertz CT molecular complexity index is 693. The maximum atomic E-state index is 12.3. The molecule has 1 amide bonds. The molecule has 1 aromatic carbocycles. The van der Waals surface area contributed by atoms with Gasteiger partial charge in [-0.3, -0.25) is 4.79 Å². The van der Waals surface area contributed by atoms with Gasteiger partial charge in [-0.15, -0.1) is 0 Å². The van der Waals surface area contributed by atoms with Crippen molar-refractivity contribution in [2.45, 2.75) is 13.0 Å². The lowest BCUT2D eigenvalue weighted by molar-refractivity contribution is -0.115. The molecule has 3 rings (SSSR count). The number of rotatable bonds is 3. The fourth-order valence-corrected chi connectivity index (χ4v) is 2.64. The molecule has 1 aromatic heterocycles. The Labute approximate surface area is 133 Å². The summed E-state index contributed by atoms with van der Waals surface area (Å²) in [6, 6.07) is 11.2. The van der Waals surface area contributed by atoms with Gasteiger partial charge in [0.05, 0.1) is 24.5 Å². The molecule has 1 aliphatic rings. The number of nitrogens with one attached hydrogen (secondary N) is 1. The van der Waals surface area contributed by atoms with Crippen molar-refractivity contribution in [3.63, 3.8) is 0 Å². The monoisotopic (exact) mass is 317 g/mol. The fourth-order valence-electron chi connectivity index (χ4n) is 2.47. The highest BCUT2D eigenvalue weighted by atomic mass is 35.5. The molecule has 1 atom stereocenters. The summed E-state index contributed by atoms with van der Waals surface area (Å²) in [5.74, 6) is 0.660. The molecule has 114 valence electrons. The second kappa shape index (κ2) is 6.23. The smallest absolute Gasteiger partial charge is 0.243 e. The number of hydrogen-bond donors (Lipinski definition) is 1. The average molecular weight is 318 g/mol. The molecule has 2 heterocycles. The van der Waals surface area contributed by atoms with Crippen LogP contribution in [0.1, 0.15) is 6.92 Å². The summed E-state index contributed by atoms with van der Waals surface area (Å²) in [6.45, 7) is 2.87. The highest BCUT2D eigenvalue weighted by Crippen LogP contribution is 2.32. The number of hydrogen-bond acceptors (Lipinski definition) is 4. The van der Waals surface area contributed by atoms with Crippen LogP contribution in [0.3, 0.4) is 0 Å². The van der Waals surface area contributed by atoms with E-state index in [0.717, 1.165) is 11.4 Å². The normalized spacial score (nSPS) is 16.6. The van der Waals surface area contributed by atoms with Crippen LogP contribution < -0.4 is 15.0 Å². The Balaban J connectivity index is 1.73. The Morgan fingerprint density at radius 3 is 3.05 bits per heavy atom. The minimum Gasteiger partial charge on any atom is -0.487 e. The molecule has 0 unspecified atom stereocenters. The number of para-hydroxylation sites is 2. The first-order valence-corrected chi connectivity index (χ1v) is 7.42. The third-order valence-electron chi connectivity index (χ3n) is 3.38. The van der Waals surface area contributed by atoms with E-state index in [0.29, 0.717) is 12.2 Å². The number of pyridine rings is 1. The molecule has 0 saturated carbocycles. The van der Waals surface area contributed by atoms with Crippen LogP contribution in [0, 0.1) is 0 Å². The number of carbonyl (C=O) groups is 1. The second-order valence-corrected chi connectivity index (χ2v) is 5.52. The van der Waals surface area contributed by atoms with Crippen LogP contribution in [0.25, 0.3) is 0 Å². The number of nitrogens with zero attached hydrogens (tertiary/aromatic N) is 2. The quantitative estimate of drug-likeness (QED) is 0.884. The summed E-state index contributed by atoms with van der Waals surface area (Å²) < 4.78 is 5.78. The van der Waals surface area contributed by atoms with Gasteiger partial charge in [-0.05, 0) is 31.2 Å². The number of benzene rings is 1. The molecular weight excluding hydrogens is 302 g/mol. The van der Waals surface area contributed by atoms with E-state index in [2.05, 4.69) is 10.3 Å². The van der Waals surface area contributed by atoms with Crippen molar-refractivity contribution in [3.05, 3.63) is 47.7 Å². The van der Waals surface area contributed by atoms with E-state index in [1.54, 1.807) is 18.3 Å². The fraction of sp³-hybridized carbons (Fsp3) is 0.250. The van der Waals surface area contributed by atoms with Crippen molar-refractivity contribution < 1.29 is 9.53 Å². The van der Waals surface area contributed by atoms with E-state index in [4.69, 9.17) is 16.3 Å². The van der Waals surface area contributed by atoms with Gasteiger partial charge in [0, 0.05) is 6.20 Å². The van der Waals surface area contributed by atoms with Crippen molar-refractivity contribution in [3.8, 4) is 5.75 Å². The number of halogens is 1. The van der Waals surface area contributed by atoms with E-state index in [1.165, 1.54) is 0 Å². The first kappa shape index (κ1) is 14.7. The molecule has 0 spiro atoms. The third-order valence-corrected chi connectivity index (χ3v) is 3.68. The van der Waals surface area contributed by atoms with Crippen LogP contribution in [-0.4, -0.2) is 30.1 Å². The standard InChI is InChI=1S/C16H16ClN3O2/c1-11-9-20(13-6-2-3-7-14(13)22-11)10-15(21)19-12-5-4-8-18-16(12)17/h2-8,11H,9-10H2,1H3,(H,19,21)/t11-/m1/s1. The summed E-state index contributed by atoms with van der Waals surface area (Å²) in [6.07, 6.45) is 1.61. The molecule has 0 bridgehead atoms. The second-order valence-electron chi connectivity index (χ2n) is 5.17. The lowest BCUT2D eigenvalue weighted by atomic mass is 10.2. The average Bonchev–Trinajstić information content (AvgIpc) is 2.49. The molecule has 1 N–H and O–H groups in total. The highest BCUT2D eigenvalue weighted by Gasteiger charge is 2.24. The number of ether oxygens (including phenoxy) is 1. The number of fused-ring (bicyclic) bond motifs is 1. The van der Waals surface area contributed by atoms with E-state index in [1.807, 2.05) is 36.1 Å². The van der Waals surface area contributed by atoms with Gasteiger partial charge in [-0.1, -0.05) is 23.7 Å². The van der Waals surface area contributed by atoms with Crippen LogP contribution in [0.2, 0.25) is 5.15 Å². The van der Waals surface area contributed by atoms with E-state index < -0.39 is 0 Å². The first-order valence-electron chi connectivity index (χ1n) is 7.04. The Morgan fingerprint density at radius 1 is 1.41 bits per heavy atom. The van der Waals surface area contributed by atoms with Gasteiger partial charge in [0.1, 0.15) is 11.9 Å². The molecule has 0 fully saturated rings. The molecule has 6 heteroatoms. The molecular formula is C16H16ClN3O2. The largest absolute Gasteiger partial charge is 0.487 e. The zero-order chi connectivity index (χ0) is 15.5. The number of aromatic nitrogens is 1. The van der Waals surface area contributed by atoms with Crippen LogP contribution in [0.15, 0.2) is 42.6 Å². The molecule has 0 radical (unpaired) electrons. The summed E-state index contributed by atoms with van der Waals surface area (Å²) in [5.41, 5.74) is 1.44. The van der Waals surface area contributed by atoms with Gasteiger partial charge in [0.2, 0.25) is 5.91 Å². The summed E-state index contributed by atoms with van der Waals surface area (Å²) in [4.78, 5) is 18.2. The predicted octanol–water partition coefficient (Wildman–Crippen LogP) is 2.96. The third kappa shape index (κ3) is 3.14. The molecule has 1 aliphatic heterocycles. The van der Waals surface area contributed by atoms with Gasteiger partial charge >= 0.3 is 0 Å². The summed E-state index contributed by atoms with van der Waals surface area (Å²) in [5, 5.41) is 3.07. The SMILES string of the molecule is C[C@@H]1CN(CC(=O)Nc2cccnc2Cl)c2ccccc2O1. The molecule has 2 aromatic rings. The highest BCUT2D eigenvalue weighted by molar-refractivity contribution is 6.32. The van der Waals surface area contributed by atoms with Crippen LogP contribution in [-0.2, 0) is 4.79 Å². The van der Waals surface area contributed by atoms with Crippen molar-refractivity contribution in [1.29, 1.82) is 0 Å². The van der Waals surface area contributed by atoms with Crippen molar-refractivity contribution >= 4 is 28.9 Å². The number of amides is 1. The number of anilines is 2. The Morgan fingerprint density at radius 2 is 2.23 bits per heavy atom. The first-order chi connectivity index (χ1) is 10.6. The molecule has 0 aliphatic carbocycles. The summed E-state index contributed by atoms with van der Waals surface area (Å²) >= 11 is 5.96. The van der Waals surface area contributed by atoms with Gasteiger partial charge in [-0.2, -0.15) is 0 Å². The molecule has 0 saturated heterocycles. The van der Waals surface area contributed by atoms with Crippen LogP contribution >= 0.6 is 11.6 Å². The maximum absolute atomic E-state index is 12.3. The van der Waals surface area contributed by atoms with Crippen LogP contribution in [0.5, 0.6) is 5.75 Å². The van der Waals surface area contributed by atoms with E-state index >= 15 is 0 Å². The van der Waals surface area contributed by atoms with Crippen molar-refractivity contribution in [2.75, 3.05) is 23.3 Å². The topological polar surface area (TPSA) is 54.5 Å². The molecule has 22 heavy (non-hydrogen) atoms. The van der Waals surface area contributed by atoms with E-state index in [9.17, 15) is 4.79 Å². The van der Waals surface area contributed by atoms with Crippen molar-refractivity contribution in [2.24, 2.45) is 0 Å². The zero-order valence-electron chi connectivity index (χ0n) is 12.1. The van der Waals surface area contributed by atoms with Gasteiger partial charge in [-0.25, -0.2) is 4.98 Å². The minimum absolute atomic E-state index is 0.0321. The van der Waals surface area contributed by atoms with Gasteiger partial charge < -0.3 is 15.0 Å². The zero-order valence-corrected chi connectivity index (χ0v) is 12.9. The predicted molar refractivity (Wildman–Crippen MR) is 86.6 cm³/mol. The lowest BCUT2D eigenvalue weighted by Crippen LogP contribution is -2.42. The Hall–Kier alpha value is -2.27. The van der Waals surface area contributed by atoms with Gasteiger partial charge in [0.15, 0.2) is 5.15 Å². The van der Waals surface area contributed by atoms with Crippen LogP contribution in [0.4, 0.5) is 11.4 Å². The molecule has 5 nitrogen and oxygen atoms in total. The summed E-state index contributed by atoms with van der Waals surface area (Å²) in [7, 11) is 0. The Kier molecular flexibility index (Phi) is 4.15. The number of carbonyl (C=O) groups excluding carboxylic acids is 1. The lowest BCUT2D eigenvalue weighted by Gasteiger charge is -2.34. The van der Waals surface area contributed by atoms with Crippen molar-refractivity contribution in [1.82, 2.24) is 4.98 Å². The van der Waals surface area contributed by atoms with Gasteiger partial charge in [0.25, 0.3) is 0 Å². The minimum atomic E-state index is -0.140. The maximum Gasteiger partial charge on any atom is 0.243 e.